The Hall–Kier alpha value is -1.39. The molecule has 0 amide bonds. The number of halogens is 3. The first-order valence-corrected chi connectivity index (χ1v) is 6.36. The number of rotatable bonds is 1. The van der Waals surface area contributed by atoms with Crippen LogP contribution in [0.2, 0.25) is 0 Å². The number of hydrogen-bond donors (Lipinski definition) is 1. The van der Waals surface area contributed by atoms with Gasteiger partial charge in [-0.3, -0.25) is 0 Å². The van der Waals surface area contributed by atoms with Gasteiger partial charge in [-0.05, 0) is 45.9 Å². The normalized spacial score (nSPS) is 18.2. The van der Waals surface area contributed by atoms with Gasteiger partial charge in [-0.15, -0.1) is 0 Å². The molecular formula is C14H19F3N2. The second kappa shape index (κ2) is 4.32. The molecule has 5 heteroatoms. The lowest BCUT2D eigenvalue weighted by Crippen LogP contribution is -2.51. The van der Waals surface area contributed by atoms with Crippen LogP contribution >= 0.6 is 0 Å². The van der Waals surface area contributed by atoms with Gasteiger partial charge < -0.3 is 10.2 Å². The van der Waals surface area contributed by atoms with Crippen molar-refractivity contribution in [2.24, 2.45) is 0 Å². The summed E-state index contributed by atoms with van der Waals surface area (Å²) in [4.78, 5) is 2.01. The molecule has 1 heterocycles. The highest BCUT2D eigenvalue weighted by Gasteiger charge is 2.35. The van der Waals surface area contributed by atoms with Gasteiger partial charge in [-0.25, -0.2) is 0 Å². The maximum absolute atomic E-state index is 12.8. The fraction of sp³-hybridized carbons (Fsp3) is 0.571. The summed E-state index contributed by atoms with van der Waals surface area (Å²) in [6.07, 6.45) is -4.30. The van der Waals surface area contributed by atoms with E-state index >= 15 is 0 Å². The van der Waals surface area contributed by atoms with Crippen molar-refractivity contribution in [1.29, 1.82) is 0 Å². The van der Waals surface area contributed by atoms with Crippen LogP contribution in [0, 0.1) is 0 Å². The molecule has 106 valence electrons. The van der Waals surface area contributed by atoms with Crippen molar-refractivity contribution < 1.29 is 13.2 Å². The molecule has 0 fully saturated rings. The Morgan fingerprint density at radius 1 is 1.26 bits per heavy atom. The molecule has 1 aromatic rings. The Bertz CT molecular complexity index is 478. The van der Waals surface area contributed by atoms with Crippen LogP contribution in [0.5, 0.6) is 0 Å². The van der Waals surface area contributed by atoms with Crippen molar-refractivity contribution in [3.8, 4) is 0 Å². The minimum atomic E-state index is -4.30. The predicted octanol–water partition coefficient (Wildman–Crippen LogP) is 4.12. The minimum Gasteiger partial charge on any atom is -0.377 e. The first-order chi connectivity index (χ1) is 8.60. The number of fused-ring (bicyclic) bond motifs is 1. The Labute approximate surface area is 111 Å². The summed E-state index contributed by atoms with van der Waals surface area (Å²) in [6.45, 7) is 8.75. The Morgan fingerprint density at radius 3 is 2.42 bits per heavy atom. The lowest BCUT2D eigenvalue weighted by molar-refractivity contribution is -0.137. The summed E-state index contributed by atoms with van der Waals surface area (Å²) < 4.78 is 38.4. The highest BCUT2D eigenvalue weighted by Crippen LogP contribution is 2.40. The van der Waals surface area contributed by atoms with E-state index in [1.165, 1.54) is 12.1 Å². The molecule has 0 radical (unpaired) electrons. The Kier molecular flexibility index (Phi) is 3.19. The van der Waals surface area contributed by atoms with Crippen LogP contribution in [0.15, 0.2) is 18.2 Å². The number of alkyl halides is 3. The Balaban J connectivity index is 2.50. The molecule has 0 unspecified atom stereocenters. The number of hydrogen-bond acceptors (Lipinski definition) is 2. The van der Waals surface area contributed by atoms with E-state index in [2.05, 4.69) is 5.32 Å². The summed E-state index contributed by atoms with van der Waals surface area (Å²) in [5, 5.41) is 3.29. The largest absolute Gasteiger partial charge is 0.416 e. The SMILES string of the molecule is CC(C)N1CC(C)(C)Nc2ccc(C(F)(F)F)cc21. The van der Waals surface area contributed by atoms with Gasteiger partial charge in [0.25, 0.3) is 0 Å². The van der Waals surface area contributed by atoms with Crippen molar-refractivity contribution in [1.82, 2.24) is 0 Å². The summed E-state index contributed by atoms with van der Waals surface area (Å²) in [6, 6.07) is 4.04. The van der Waals surface area contributed by atoms with E-state index < -0.39 is 11.7 Å². The minimum absolute atomic E-state index is 0.156. The van der Waals surface area contributed by atoms with Crippen LogP contribution in [0.3, 0.4) is 0 Å². The van der Waals surface area contributed by atoms with E-state index in [9.17, 15) is 13.2 Å². The number of anilines is 2. The summed E-state index contributed by atoms with van der Waals surface area (Å²) in [5.74, 6) is 0. The van der Waals surface area contributed by atoms with E-state index in [0.717, 1.165) is 11.8 Å². The van der Waals surface area contributed by atoms with Gasteiger partial charge in [0.1, 0.15) is 0 Å². The van der Waals surface area contributed by atoms with Crippen molar-refractivity contribution in [3.05, 3.63) is 23.8 Å². The van der Waals surface area contributed by atoms with Crippen molar-refractivity contribution in [2.75, 3.05) is 16.8 Å². The molecule has 2 rings (SSSR count). The van der Waals surface area contributed by atoms with Crippen LogP contribution < -0.4 is 10.2 Å². The third-order valence-electron chi connectivity index (χ3n) is 3.30. The summed E-state index contributed by atoms with van der Waals surface area (Å²) >= 11 is 0. The van der Waals surface area contributed by atoms with Crippen molar-refractivity contribution in [3.63, 3.8) is 0 Å². The smallest absolute Gasteiger partial charge is 0.377 e. The maximum Gasteiger partial charge on any atom is 0.416 e. The van der Waals surface area contributed by atoms with Gasteiger partial charge >= 0.3 is 6.18 Å². The van der Waals surface area contributed by atoms with Crippen LogP contribution in [-0.2, 0) is 6.18 Å². The molecule has 0 aromatic heterocycles. The molecule has 1 N–H and O–H groups in total. The monoisotopic (exact) mass is 272 g/mol. The molecule has 0 saturated heterocycles. The Morgan fingerprint density at radius 2 is 1.89 bits per heavy atom. The standard InChI is InChI=1S/C14H19F3N2/c1-9(2)19-8-13(3,4)18-11-6-5-10(7-12(11)19)14(15,16)17/h5-7,9,18H,8H2,1-4H3. The average molecular weight is 272 g/mol. The summed E-state index contributed by atoms with van der Waals surface area (Å²) in [7, 11) is 0. The fourth-order valence-corrected chi connectivity index (χ4v) is 2.43. The maximum atomic E-state index is 12.8. The number of benzene rings is 1. The molecule has 0 aliphatic carbocycles. The average Bonchev–Trinajstić information content (AvgIpc) is 2.24. The zero-order valence-corrected chi connectivity index (χ0v) is 11.6. The van der Waals surface area contributed by atoms with Gasteiger partial charge in [-0.2, -0.15) is 13.2 Å². The molecule has 1 aromatic carbocycles. The molecule has 0 saturated carbocycles. The van der Waals surface area contributed by atoms with Gasteiger partial charge in [0.05, 0.1) is 16.9 Å². The first-order valence-electron chi connectivity index (χ1n) is 6.36. The molecule has 19 heavy (non-hydrogen) atoms. The van der Waals surface area contributed by atoms with E-state index in [0.29, 0.717) is 12.2 Å². The lowest BCUT2D eigenvalue weighted by Gasteiger charge is -2.44. The fourth-order valence-electron chi connectivity index (χ4n) is 2.43. The van der Waals surface area contributed by atoms with Crippen molar-refractivity contribution in [2.45, 2.75) is 45.5 Å². The van der Waals surface area contributed by atoms with Gasteiger partial charge in [0.15, 0.2) is 0 Å². The topological polar surface area (TPSA) is 15.3 Å². The van der Waals surface area contributed by atoms with Crippen LogP contribution in [0.25, 0.3) is 0 Å². The third kappa shape index (κ3) is 2.80. The van der Waals surface area contributed by atoms with Crippen LogP contribution in [0.4, 0.5) is 24.5 Å². The van der Waals surface area contributed by atoms with Crippen molar-refractivity contribution >= 4 is 11.4 Å². The van der Waals surface area contributed by atoms with E-state index in [4.69, 9.17) is 0 Å². The molecule has 1 aliphatic heterocycles. The quantitative estimate of drug-likeness (QED) is 0.827. The number of nitrogens with zero attached hydrogens (tertiary/aromatic N) is 1. The first kappa shape index (κ1) is 14.0. The highest BCUT2D eigenvalue weighted by atomic mass is 19.4. The molecule has 0 atom stereocenters. The molecular weight excluding hydrogens is 253 g/mol. The van der Waals surface area contributed by atoms with Gasteiger partial charge in [-0.1, -0.05) is 0 Å². The van der Waals surface area contributed by atoms with E-state index in [1.807, 2.05) is 32.6 Å². The lowest BCUT2D eigenvalue weighted by atomic mass is 9.97. The van der Waals surface area contributed by atoms with Gasteiger partial charge in [0, 0.05) is 18.1 Å². The summed E-state index contributed by atoms with van der Waals surface area (Å²) in [5.41, 5.74) is 0.636. The van der Waals surface area contributed by atoms with Crippen LogP contribution in [0.1, 0.15) is 33.3 Å². The number of nitrogens with one attached hydrogen (secondary N) is 1. The molecule has 1 aliphatic rings. The van der Waals surface area contributed by atoms with E-state index in [1.54, 1.807) is 0 Å². The molecule has 0 spiro atoms. The van der Waals surface area contributed by atoms with E-state index in [-0.39, 0.29) is 11.6 Å². The molecule has 2 nitrogen and oxygen atoms in total. The van der Waals surface area contributed by atoms with Crippen LogP contribution in [-0.4, -0.2) is 18.1 Å². The third-order valence-corrected chi connectivity index (χ3v) is 3.30. The molecule has 0 bridgehead atoms. The predicted molar refractivity (Wildman–Crippen MR) is 71.6 cm³/mol. The second-order valence-corrected chi connectivity index (χ2v) is 5.96. The van der Waals surface area contributed by atoms with Gasteiger partial charge in [0.2, 0.25) is 0 Å². The highest BCUT2D eigenvalue weighted by molar-refractivity contribution is 5.74. The second-order valence-electron chi connectivity index (χ2n) is 5.96. The zero-order valence-electron chi connectivity index (χ0n) is 11.6. The zero-order chi connectivity index (χ0) is 14.4.